The molecule has 0 heterocycles. The Labute approximate surface area is 127 Å². The largest absolute Gasteiger partial charge is 0.295 e. The molecule has 116 valence electrons. The van der Waals surface area contributed by atoms with E-state index < -0.39 is 10.0 Å². The summed E-state index contributed by atoms with van der Waals surface area (Å²) in [6.07, 6.45) is 2.82. The van der Waals surface area contributed by atoms with Crippen LogP contribution in [0, 0.1) is 11.8 Å². The lowest BCUT2D eigenvalue weighted by Gasteiger charge is -2.32. The summed E-state index contributed by atoms with van der Waals surface area (Å²) in [4.78, 5) is 11.4. The summed E-state index contributed by atoms with van der Waals surface area (Å²) in [5.41, 5.74) is 0.522. The van der Waals surface area contributed by atoms with E-state index in [1.54, 1.807) is 12.1 Å². The molecule has 0 amide bonds. The molecule has 1 fully saturated rings. The highest BCUT2D eigenvalue weighted by Gasteiger charge is 2.28. The molecule has 1 aromatic carbocycles. The van der Waals surface area contributed by atoms with Crippen LogP contribution in [0.15, 0.2) is 29.2 Å². The molecule has 1 N–H and O–H groups in total. The van der Waals surface area contributed by atoms with Gasteiger partial charge in [-0.2, -0.15) is 0 Å². The summed E-state index contributed by atoms with van der Waals surface area (Å²) in [5.74, 6) is 1.12. The second kappa shape index (κ2) is 6.28. The van der Waals surface area contributed by atoms with Crippen molar-refractivity contribution >= 4 is 15.8 Å². The van der Waals surface area contributed by atoms with E-state index in [1.807, 2.05) is 0 Å². The Morgan fingerprint density at radius 1 is 1.10 bits per heavy atom. The van der Waals surface area contributed by atoms with Crippen LogP contribution in [0.1, 0.15) is 50.4 Å². The number of Topliss-reactive ketones (excluding diaryl/α,β-unsaturated/α-hetero) is 1. The van der Waals surface area contributed by atoms with Gasteiger partial charge in [0.1, 0.15) is 0 Å². The van der Waals surface area contributed by atoms with Gasteiger partial charge in [0.15, 0.2) is 5.78 Å². The van der Waals surface area contributed by atoms with Crippen LogP contribution in [0.3, 0.4) is 0 Å². The van der Waals surface area contributed by atoms with Crippen LogP contribution in [0.25, 0.3) is 0 Å². The average Bonchev–Trinajstić information content (AvgIpc) is 2.43. The SMILES string of the molecule is CC(=O)c1ccc(S(=O)(=O)NC2CCC(C)C(C)C2)cc1. The van der Waals surface area contributed by atoms with Gasteiger partial charge in [0.05, 0.1) is 4.90 Å². The summed E-state index contributed by atoms with van der Waals surface area (Å²) < 4.78 is 27.5. The summed E-state index contributed by atoms with van der Waals surface area (Å²) in [5, 5.41) is 0. The maximum absolute atomic E-state index is 12.4. The predicted octanol–water partition coefficient (Wildman–Crippen LogP) is 2.99. The van der Waals surface area contributed by atoms with E-state index in [4.69, 9.17) is 0 Å². The number of hydrogen-bond donors (Lipinski definition) is 1. The maximum Gasteiger partial charge on any atom is 0.240 e. The quantitative estimate of drug-likeness (QED) is 0.870. The Morgan fingerprint density at radius 3 is 2.24 bits per heavy atom. The zero-order valence-corrected chi connectivity index (χ0v) is 13.6. The van der Waals surface area contributed by atoms with Crippen LogP contribution in [-0.2, 0) is 10.0 Å². The molecule has 0 saturated heterocycles. The third kappa shape index (κ3) is 3.92. The molecule has 0 spiro atoms. The molecule has 1 aliphatic rings. The first-order chi connectivity index (χ1) is 9.79. The highest BCUT2D eigenvalue weighted by atomic mass is 32.2. The van der Waals surface area contributed by atoms with E-state index in [9.17, 15) is 13.2 Å². The molecule has 1 saturated carbocycles. The van der Waals surface area contributed by atoms with Gasteiger partial charge in [0, 0.05) is 11.6 Å². The highest BCUT2D eigenvalue weighted by molar-refractivity contribution is 7.89. The van der Waals surface area contributed by atoms with Crippen LogP contribution in [-0.4, -0.2) is 20.2 Å². The van der Waals surface area contributed by atoms with Crippen molar-refractivity contribution in [1.82, 2.24) is 4.72 Å². The Hall–Kier alpha value is -1.20. The van der Waals surface area contributed by atoms with E-state index in [-0.39, 0.29) is 16.7 Å². The molecule has 1 aromatic rings. The van der Waals surface area contributed by atoms with E-state index in [1.165, 1.54) is 19.1 Å². The molecule has 0 bridgehead atoms. The fourth-order valence-electron chi connectivity index (χ4n) is 2.81. The Bertz CT molecular complexity index is 607. The lowest BCUT2D eigenvalue weighted by molar-refractivity contribution is 0.101. The van der Waals surface area contributed by atoms with Crippen LogP contribution >= 0.6 is 0 Å². The molecule has 1 aliphatic carbocycles. The molecule has 0 aromatic heterocycles. The molecule has 4 nitrogen and oxygen atoms in total. The Morgan fingerprint density at radius 2 is 1.71 bits per heavy atom. The molecular formula is C16H23NO3S. The number of carbonyl (C=O) groups excluding carboxylic acids is 1. The second-order valence-electron chi connectivity index (χ2n) is 6.17. The lowest BCUT2D eigenvalue weighted by Crippen LogP contribution is -2.39. The van der Waals surface area contributed by atoms with E-state index >= 15 is 0 Å². The zero-order valence-electron chi connectivity index (χ0n) is 12.8. The molecule has 3 unspecified atom stereocenters. The molecule has 3 atom stereocenters. The van der Waals surface area contributed by atoms with Crippen LogP contribution in [0.4, 0.5) is 0 Å². The first-order valence-electron chi connectivity index (χ1n) is 7.43. The fourth-order valence-corrected chi connectivity index (χ4v) is 4.09. The zero-order chi connectivity index (χ0) is 15.6. The van der Waals surface area contributed by atoms with Gasteiger partial charge in [-0.15, -0.1) is 0 Å². The highest BCUT2D eigenvalue weighted by Crippen LogP contribution is 2.30. The third-order valence-electron chi connectivity index (χ3n) is 4.49. The number of ketones is 1. The number of hydrogen-bond acceptors (Lipinski definition) is 3. The van der Waals surface area contributed by atoms with Crippen LogP contribution in [0.5, 0.6) is 0 Å². The van der Waals surface area contributed by atoms with Crippen molar-refractivity contribution in [2.24, 2.45) is 11.8 Å². The number of carbonyl (C=O) groups is 1. The number of rotatable bonds is 4. The van der Waals surface area contributed by atoms with Crippen molar-refractivity contribution in [2.45, 2.75) is 51.0 Å². The summed E-state index contributed by atoms with van der Waals surface area (Å²) >= 11 is 0. The number of nitrogens with one attached hydrogen (secondary N) is 1. The van der Waals surface area contributed by atoms with Gasteiger partial charge in [0.25, 0.3) is 0 Å². The van der Waals surface area contributed by atoms with Gasteiger partial charge in [-0.3, -0.25) is 4.79 Å². The maximum atomic E-state index is 12.4. The van der Waals surface area contributed by atoms with Gasteiger partial charge in [-0.05, 0) is 50.2 Å². The van der Waals surface area contributed by atoms with Gasteiger partial charge >= 0.3 is 0 Å². The molecular weight excluding hydrogens is 286 g/mol. The second-order valence-corrected chi connectivity index (χ2v) is 7.88. The average molecular weight is 309 g/mol. The van der Waals surface area contributed by atoms with Gasteiger partial charge in [-0.25, -0.2) is 13.1 Å². The monoisotopic (exact) mass is 309 g/mol. The van der Waals surface area contributed by atoms with E-state index in [2.05, 4.69) is 18.6 Å². The van der Waals surface area contributed by atoms with Crippen molar-refractivity contribution in [2.75, 3.05) is 0 Å². The smallest absolute Gasteiger partial charge is 0.240 e. The normalized spacial score (nSPS) is 26.5. The van der Waals surface area contributed by atoms with Crippen molar-refractivity contribution < 1.29 is 13.2 Å². The van der Waals surface area contributed by atoms with Gasteiger partial charge in [0.2, 0.25) is 10.0 Å². The van der Waals surface area contributed by atoms with E-state index in [0.717, 1.165) is 19.3 Å². The van der Waals surface area contributed by atoms with Gasteiger partial charge in [-0.1, -0.05) is 26.0 Å². The minimum Gasteiger partial charge on any atom is -0.295 e. The molecule has 2 rings (SSSR count). The van der Waals surface area contributed by atoms with E-state index in [0.29, 0.717) is 17.4 Å². The van der Waals surface area contributed by atoms with Crippen LogP contribution < -0.4 is 4.72 Å². The number of sulfonamides is 1. The first-order valence-corrected chi connectivity index (χ1v) is 8.91. The summed E-state index contributed by atoms with van der Waals surface area (Å²) in [6, 6.07) is 6.11. The topological polar surface area (TPSA) is 63.2 Å². The molecule has 0 radical (unpaired) electrons. The van der Waals surface area contributed by atoms with Crippen LogP contribution in [0.2, 0.25) is 0 Å². The van der Waals surface area contributed by atoms with Crippen molar-refractivity contribution in [1.29, 1.82) is 0 Å². The standard InChI is InChI=1S/C16H23NO3S/c1-11-4-7-15(10-12(11)2)17-21(19,20)16-8-5-14(6-9-16)13(3)18/h5-6,8-9,11-12,15,17H,4,7,10H2,1-3H3. The van der Waals surface area contributed by atoms with Crippen molar-refractivity contribution in [3.63, 3.8) is 0 Å². The first kappa shape index (κ1) is 16.2. The Kier molecular flexibility index (Phi) is 4.84. The van der Waals surface area contributed by atoms with Crippen molar-refractivity contribution in [3.05, 3.63) is 29.8 Å². The number of benzene rings is 1. The molecule has 0 aliphatic heterocycles. The summed E-state index contributed by atoms with van der Waals surface area (Å²) in [7, 11) is -3.50. The van der Waals surface area contributed by atoms with Crippen molar-refractivity contribution in [3.8, 4) is 0 Å². The Balaban J connectivity index is 2.09. The fraction of sp³-hybridized carbons (Fsp3) is 0.562. The molecule has 21 heavy (non-hydrogen) atoms. The minimum absolute atomic E-state index is 0.00804. The van der Waals surface area contributed by atoms with Gasteiger partial charge < -0.3 is 0 Å². The summed E-state index contributed by atoms with van der Waals surface area (Å²) in [6.45, 7) is 5.86. The minimum atomic E-state index is -3.50. The predicted molar refractivity (Wildman–Crippen MR) is 82.7 cm³/mol. The third-order valence-corrected chi connectivity index (χ3v) is 6.03. The molecule has 5 heteroatoms. The lowest BCUT2D eigenvalue weighted by atomic mass is 9.79.